The molecule has 21 heavy (non-hydrogen) atoms. The van der Waals surface area contributed by atoms with E-state index in [0.29, 0.717) is 25.6 Å². The first-order valence-electron chi connectivity index (χ1n) is 7.41. The number of hydrogen-bond donors (Lipinski definition) is 3. The zero-order valence-electron chi connectivity index (χ0n) is 12.6. The molecule has 1 aliphatic rings. The van der Waals surface area contributed by atoms with Crippen LogP contribution in [-0.2, 0) is 9.53 Å². The number of nitrogens with one attached hydrogen (secondary N) is 3. The Kier molecular flexibility index (Phi) is 5.74. The molecule has 7 heteroatoms. The van der Waals surface area contributed by atoms with Gasteiger partial charge in [0.05, 0.1) is 0 Å². The number of carbonyl (C=O) groups is 1. The van der Waals surface area contributed by atoms with Crippen molar-refractivity contribution < 1.29 is 9.53 Å². The fourth-order valence-corrected chi connectivity index (χ4v) is 2.18. The van der Waals surface area contributed by atoms with Crippen molar-refractivity contribution in [2.45, 2.75) is 32.8 Å². The molecule has 0 radical (unpaired) electrons. The molecule has 0 bridgehead atoms. The standard InChI is InChI=1S/C14H23N5O2/c1-3-15-12-9-10(2)18-14(19-12)17-7-6-16-13(20)11-5-4-8-21-11/h9,11H,3-8H2,1-2H3,(H,16,20)(H2,15,17,18,19). The summed E-state index contributed by atoms with van der Waals surface area (Å²) in [6.07, 6.45) is 1.49. The summed E-state index contributed by atoms with van der Waals surface area (Å²) >= 11 is 0. The third-order valence-corrected chi connectivity index (χ3v) is 3.14. The molecule has 1 amide bonds. The van der Waals surface area contributed by atoms with Crippen LogP contribution in [0.5, 0.6) is 0 Å². The van der Waals surface area contributed by atoms with Gasteiger partial charge in [0.2, 0.25) is 11.9 Å². The maximum atomic E-state index is 11.7. The van der Waals surface area contributed by atoms with E-state index in [9.17, 15) is 4.79 Å². The summed E-state index contributed by atoms with van der Waals surface area (Å²) in [5, 5.41) is 9.12. The van der Waals surface area contributed by atoms with E-state index in [4.69, 9.17) is 4.74 Å². The van der Waals surface area contributed by atoms with E-state index >= 15 is 0 Å². The highest BCUT2D eigenvalue weighted by molar-refractivity contribution is 5.80. The van der Waals surface area contributed by atoms with Crippen molar-refractivity contribution in [2.75, 3.05) is 36.9 Å². The minimum absolute atomic E-state index is 0.0344. The fourth-order valence-electron chi connectivity index (χ4n) is 2.18. The molecule has 116 valence electrons. The van der Waals surface area contributed by atoms with Crippen LogP contribution in [0.2, 0.25) is 0 Å². The van der Waals surface area contributed by atoms with Crippen molar-refractivity contribution >= 4 is 17.7 Å². The van der Waals surface area contributed by atoms with Gasteiger partial charge in [0, 0.05) is 38.0 Å². The summed E-state index contributed by atoms with van der Waals surface area (Å²) in [5.74, 6) is 1.33. The highest BCUT2D eigenvalue weighted by Crippen LogP contribution is 2.11. The summed E-state index contributed by atoms with van der Waals surface area (Å²) < 4.78 is 5.32. The van der Waals surface area contributed by atoms with Gasteiger partial charge in [0.15, 0.2) is 0 Å². The Hall–Kier alpha value is -1.89. The maximum Gasteiger partial charge on any atom is 0.249 e. The van der Waals surface area contributed by atoms with E-state index in [1.807, 2.05) is 19.9 Å². The first kappa shape index (κ1) is 15.5. The average Bonchev–Trinajstić information content (AvgIpc) is 2.97. The van der Waals surface area contributed by atoms with Gasteiger partial charge in [-0.3, -0.25) is 4.79 Å². The van der Waals surface area contributed by atoms with Gasteiger partial charge in [0.25, 0.3) is 0 Å². The summed E-state index contributed by atoms with van der Waals surface area (Å²) in [4.78, 5) is 20.4. The van der Waals surface area contributed by atoms with Crippen LogP contribution in [0, 0.1) is 6.92 Å². The molecule has 0 aliphatic carbocycles. The number of aromatic nitrogens is 2. The highest BCUT2D eigenvalue weighted by Gasteiger charge is 2.22. The van der Waals surface area contributed by atoms with E-state index in [0.717, 1.165) is 30.9 Å². The Morgan fingerprint density at radius 3 is 2.95 bits per heavy atom. The van der Waals surface area contributed by atoms with Gasteiger partial charge in [-0.25, -0.2) is 4.98 Å². The van der Waals surface area contributed by atoms with Crippen molar-refractivity contribution in [3.05, 3.63) is 11.8 Å². The molecule has 1 unspecified atom stereocenters. The molecule has 7 nitrogen and oxygen atoms in total. The Morgan fingerprint density at radius 1 is 1.38 bits per heavy atom. The second-order valence-electron chi connectivity index (χ2n) is 4.97. The summed E-state index contributed by atoms with van der Waals surface area (Å²) in [6.45, 7) is 6.53. The first-order chi connectivity index (χ1) is 10.2. The van der Waals surface area contributed by atoms with E-state index in [1.54, 1.807) is 0 Å². The first-order valence-corrected chi connectivity index (χ1v) is 7.41. The maximum absolute atomic E-state index is 11.7. The molecule has 1 atom stereocenters. The van der Waals surface area contributed by atoms with E-state index < -0.39 is 0 Å². The largest absolute Gasteiger partial charge is 0.370 e. The van der Waals surface area contributed by atoms with E-state index in [-0.39, 0.29) is 12.0 Å². The van der Waals surface area contributed by atoms with Gasteiger partial charge in [-0.15, -0.1) is 0 Å². The lowest BCUT2D eigenvalue weighted by atomic mass is 10.2. The van der Waals surface area contributed by atoms with Crippen molar-refractivity contribution in [1.82, 2.24) is 15.3 Å². The van der Waals surface area contributed by atoms with Gasteiger partial charge in [-0.05, 0) is 26.7 Å². The second-order valence-corrected chi connectivity index (χ2v) is 4.97. The third-order valence-electron chi connectivity index (χ3n) is 3.14. The number of anilines is 2. The zero-order chi connectivity index (χ0) is 15.1. The van der Waals surface area contributed by atoms with Crippen LogP contribution >= 0.6 is 0 Å². The number of carbonyl (C=O) groups excluding carboxylic acids is 1. The molecule has 2 rings (SSSR count). The van der Waals surface area contributed by atoms with Crippen molar-refractivity contribution in [1.29, 1.82) is 0 Å². The van der Waals surface area contributed by atoms with Crippen LogP contribution in [0.15, 0.2) is 6.07 Å². The molecular formula is C14H23N5O2. The monoisotopic (exact) mass is 293 g/mol. The Labute approximate surface area is 124 Å². The minimum atomic E-state index is -0.277. The summed E-state index contributed by atoms with van der Waals surface area (Å²) in [6, 6.07) is 1.90. The zero-order valence-corrected chi connectivity index (χ0v) is 12.6. The Morgan fingerprint density at radius 2 is 2.24 bits per heavy atom. The lowest BCUT2D eigenvalue weighted by Gasteiger charge is -2.11. The molecule has 1 aromatic rings. The van der Waals surface area contributed by atoms with Crippen LogP contribution in [-0.4, -0.2) is 48.2 Å². The molecular weight excluding hydrogens is 270 g/mol. The average molecular weight is 293 g/mol. The lowest BCUT2D eigenvalue weighted by molar-refractivity contribution is -0.129. The number of ether oxygens (including phenoxy) is 1. The predicted octanol–water partition coefficient (Wildman–Crippen LogP) is 0.924. The van der Waals surface area contributed by atoms with Gasteiger partial charge >= 0.3 is 0 Å². The van der Waals surface area contributed by atoms with Gasteiger partial charge in [-0.2, -0.15) is 4.98 Å². The number of hydrogen-bond acceptors (Lipinski definition) is 6. The molecule has 0 saturated carbocycles. The van der Waals surface area contributed by atoms with Crippen LogP contribution in [0.4, 0.5) is 11.8 Å². The molecule has 3 N–H and O–H groups in total. The van der Waals surface area contributed by atoms with E-state index in [2.05, 4.69) is 25.9 Å². The molecule has 1 aliphatic heterocycles. The van der Waals surface area contributed by atoms with Gasteiger partial charge < -0.3 is 20.7 Å². The predicted molar refractivity (Wildman–Crippen MR) is 81.4 cm³/mol. The quantitative estimate of drug-likeness (QED) is 0.648. The number of rotatable bonds is 7. The van der Waals surface area contributed by atoms with Crippen LogP contribution < -0.4 is 16.0 Å². The second kappa shape index (κ2) is 7.78. The number of nitrogens with zero attached hydrogens (tertiary/aromatic N) is 2. The van der Waals surface area contributed by atoms with Gasteiger partial charge in [0.1, 0.15) is 11.9 Å². The molecule has 0 aromatic carbocycles. The summed E-state index contributed by atoms with van der Waals surface area (Å²) in [7, 11) is 0. The lowest BCUT2D eigenvalue weighted by Crippen LogP contribution is -2.36. The molecule has 2 heterocycles. The molecule has 1 fully saturated rings. The summed E-state index contributed by atoms with van der Waals surface area (Å²) in [5.41, 5.74) is 0.895. The van der Waals surface area contributed by atoms with Crippen LogP contribution in [0.3, 0.4) is 0 Å². The normalized spacial score (nSPS) is 17.5. The highest BCUT2D eigenvalue weighted by atomic mass is 16.5. The molecule has 0 spiro atoms. The minimum Gasteiger partial charge on any atom is -0.370 e. The SMILES string of the molecule is CCNc1cc(C)nc(NCCNC(=O)C2CCCO2)n1. The van der Waals surface area contributed by atoms with Crippen LogP contribution in [0.25, 0.3) is 0 Å². The van der Waals surface area contributed by atoms with Crippen LogP contribution in [0.1, 0.15) is 25.5 Å². The number of amides is 1. The Bertz CT molecular complexity index is 474. The van der Waals surface area contributed by atoms with Crippen molar-refractivity contribution in [3.63, 3.8) is 0 Å². The fraction of sp³-hybridized carbons (Fsp3) is 0.643. The Balaban J connectivity index is 1.74. The molecule has 1 aromatic heterocycles. The number of aryl methyl sites for hydroxylation is 1. The smallest absolute Gasteiger partial charge is 0.249 e. The topological polar surface area (TPSA) is 88.2 Å². The van der Waals surface area contributed by atoms with E-state index in [1.165, 1.54) is 0 Å². The third kappa shape index (κ3) is 4.86. The van der Waals surface area contributed by atoms with Crippen molar-refractivity contribution in [3.8, 4) is 0 Å². The van der Waals surface area contributed by atoms with Crippen molar-refractivity contribution in [2.24, 2.45) is 0 Å². The molecule has 1 saturated heterocycles. The van der Waals surface area contributed by atoms with Gasteiger partial charge in [-0.1, -0.05) is 0 Å².